The first-order chi connectivity index (χ1) is 11.2. The summed E-state index contributed by atoms with van der Waals surface area (Å²) in [7, 11) is 1.64. The van der Waals surface area contributed by atoms with Crippen LogP contribution in [0.1, 0.15) is 23.5 Å². The standard InChI is InChI=1S/C19H21NO3/c1-14-3-8-18(23-14)16-9-11-20(12-10-16)19(21)13-15-4-6-17(22-2)7-5-15/h3-9H,10-13H2,1-2H3. The van der Waals surface area contributed by atoms with Gasteiger partial charge in [0.2, 0.25) is 5.91 Å². The van der Waals surface area contributed by atoms with E-state index in [-0.39, 0.29) is 5.91 Å². The second-order valence-corrected chi connectivity index (χ2v) is 5.75. The molecule has 0 atom stereocenters. The van der Waals surface area contributed by atoms with E-state index in [2.05, 4.69) is 6.08 Å². The van der Waals surface area contributed by atoms with Crippen LogP contribution in [0.25, 0.3) is 5.57 Å². The van der Waals surface area contributed by atoms with E-state index < -0.39 is 0 Å². The second-order valence-electron chi connectivity index (χ2n) is 5.75. The van der Waals surface area contributed by atoms with Gasteiger partial charge in [-0.15, -0.1) is 0 Å². The number of methoxy groups -OCH3 is 1. The Morgan fingerprint density at radius 1 is 1.22 bits per heavy atom. The minimum atomic E-state index is 0.154. The van der Waals surface area contributed by atoms with Crippen molar-refractivity contribution >= 4 is 11.5 Å². The van der Waals surface area contributed by atoms with Gasteiger partial charge in [0.15, 0.2) is 0 Å². The van der Waals surface area contributed by atoms with Gasteiger partial charge in [-0.1, -0.05) is 18.2 Å². The van der Waals surface area contributed by atoms with E-state index >= 15 is 0 Å². The summed E-state index contributed by atoms with van der Waals surface area (Å²) < 4.78 is 10.8. The van der Waals surface area contributed by atoms with Crippen molar-refractivity contribution in [2.24, 2.45) is 0 Å². The first-order valence-corrected chi connectivity index (χ1v) is 7.82. The first-order valence-electron chi connectivity index (χ1n) is 7.82. The Morgan fingerprint density at radius 3 is 2.57 bits per heavy atom. The number of furan rings is 1. The van der Waals surface area contributed by atoms with Crippen LogP contribution < -0.4 is 4.74 Å². The summed E-state index contributed by atoms with van der Waals surface area (Å²) >= 11 is 0. The molecule has 0 aliphatic carbocycles. The van der Waals surface area contributed by atoms with Crippen LogP contribution >= 0.6 is 0 Å². The lowest BCUT2D eigenvalue weighted by Gasteiger charge is -2.26. The van der Waals surface area contributed by atoms with Gasteiger partial charge < -0.3 is 14.1 Å². The predicted molar refractivity (Wildman–Crippen MR) is 89.3 cm³/mol. The minimum Gasteiger partial charge on any atom is -0.497 e. The van der Waals surface area contributed by atoms with Crippen molar-refractivity contribution < 1.29 is 13.9 Å². The van der Waals surface area contributed by atoms with Crippen molar-refractivity contribution in [3.8, 4) is 5.75 Å². The first kappa shape index (κ1) is 15.4. The van der Waals surface area contributed by atoms with Gasteiger partial charge in [-0.2, -0.15) is 0 Å². The number of carbonyl (C=O) groups is 1. The van der Waals surface area contributed by atoms with Crippen molar-refractivity contribution in [1.82, 2.24) is 4.90 Å². The van der Waals surface area contributed by atoms with Crippen molar-refractivity contribution in [1.29, 1.82) is 0 Å². The molecule has 1 amide bonds. The molecule has 1 aromatic heterocycles. The third-order valence-electron chi connectivity index (χ3n) is 4.13. The molecule has 0 saturated heterocycles. The number of carbonyl (C=O) groups excluding carboxylic acids is 1. The van der Waals surface area contributed by atoms with Crippen LogP contribution in [0.4, 0.5) is 0 Å². The zero-order valence-corrected chi connectivity index (χ0v) is 13.5. The van der Waals surface area contributed by atoms with E-state index in [1.54, 1.807) is 7.11 Å². The highest BCUT2D eigenvalue weighted by Crippen LogP contribution is 2.24. The molecule has 0 fully saturated rings. The Bertz CT molecular complexity index is 712. The summed E-state index contributed by atoms with van der Waals surface area (Å²) in [5.74, 6) is 2.80. The van der Waals surface area contributed by atoms with E-state index in [9.17, 15) is 4.79 Å². The summed E-state index contributed by atoms with van der Waals surface area (Å²) in [5, 5.41) is 0. The van der Waals surface area contributed by atoms with Gasteiger partial charge in [0, 0.05) is 13.1 Å². The molecule has 0 saturated carbocycles. The zero-order chi connectivity index (χ0) is 16.2. The third kappa shape index (κ3) is 3.65. The van der Waals surface area contributed by atoms with Gasteiger partial charge in [-0.25, -0.2) is 0 Å². The Morgan fingerprint density at radius 2 is 2.00 bits per heavy atom. The largest absolute Gasteiger partial charge is 0.497 e. The van der Waals surface area contributed by atoms with E-state index in [4.69, 9.17) is 9.15 Å². The summed E-state index contributed by atoms with van der Waals surface area (Å²) in [4.78, 5) is 14.3. The molecule has 0 bridgehead atoms. The highest BCUT2D eigenvalue weighted by molar-refractivity contribution is 5.80. The van der Waals surface area contributed by atoms with Crippen molar-refractivity contribution in [3.63, 3.8) is 0 Å². The molecule has 0 radical (unpaired) electrons. The second kappa shape index (κ2) is 6.73. The fourth-order valence-electron chi connectivity index (χ4n) is 2.76. The molecular formula is C19H21NO3. The molecule has 1 aliphatic heterocycles. The lowest BCUT2D eigenvalue weighted by atomic mass is 10.0. The van der Waals surface area contributed by atoms with Gasteiger partial charge in [-0.05, 0) is 48.7 Å². The normalized spacial score (nSPS) is 14.5. The Balaban J connectivity index is 1.60. The lowest BCUT2D eigenvalue weighted by molar-refractivity contribution is -0.130. The highest BCUT2D eigenvalue weighted by Gasteiger charge is 2.19. The van der Waals surface area contributed by atoms with Gasteiger partial charge in [0.1, 0.15) is 17.3 Å². The van der Waals surface area contributed by atoms with Gasteiger partial charge >= 0.3 is 0 Å². The maximum absolute atomic E-state index is 12.4. The summed E-state index contributed by atoms with van der Waals surface area (Å²) in [5.41, 5.74) is 2.19. The summed E-state index contributed by atoms with van der Waals surface area (Å²) in [6, 6.07) is 11.6. The predicted octanol–water partition coefficient (Wildman–Crippen LogP) is 3.46. The van der Waals surface area contributed by atoms with Crippen LogP contribution in [0.2, 0.25) is 0 Å². The third-order valence-corrected chi connectivity index (χ3v) is 4.13. The molecule has 120 valence electrons. The number of nitrogens with zero attached hydrogens (tertiary/aromatic N) is 1. The summed E-state index contributed by atoms with van der Waals surface area (Å²) in [6.07, 6.45) is 3.35. The quantitative estimate of drug-likeness (QED) is 0.868. The average molecular weight is 311 g/mol. The van der Waals surface area contributed by atoms with E-state index in [0.29, 0.717) is 13.0 Å². The number of amides is 1. The SMILES string of the molecule is COc1ccc(CC(=O)N2CC=C(c3ccc(C)o3)CC2)cc1. The fraction of sp³-hybridized carbons (Fsp3) is 0.316. The van der Waals surface area contributed by atoms with Crippen LogP contribution in [0.15, 0.2) is 46.9 Å². The molecule has 0 N–H and O–H groups in total. The van der Waals surface area contributed by atoms with Gasteiger partial charge in [0.25, 0.3) is 0 Å². The molecule has 4 heteroatoms. The van der Waals surface area contributed by atoms with E-state index in [1.165, 1.54) is 5.57 Å². The molecular weight excluding hydrogens is 290 g/mol. The number of rotatable bonds is 4. The number of ether oxygens (including phenoxy) is 1. The van der Waals surface area contributed by atoms with Crippen molar-refractivity contribution in [2.45, 2.75) is 19.8 Å². The lowest BCUT2D eigenvalue weighted by Crippen LogP contribution is -2.35. The van der Waals surface area contributed by atoms with Crippen LogP contribution in [-0.4, -0.2) is 31.0 Å². The Kier molecular flexibility index (Phi) is 4.51. The van der Waals surface area contributed by atoms with Crippen LogP contribution in [0.5, 0.6) is 5.75 Å². The molecule has 0 spiro atoms. The van der Waals surface area contributed by atoms with Crippen LogP contribution in [0.3, 0.4) is 0 Å². The molecule has 23 heavy (non-hydrogen) atoms. The maximum atomic E-state index is 12.4. The molecule has 0 unspecified atom stereocenters. The summed E-state index contributed by atoms with van der Waals surface area (Å²) in [6.45, 7) is 3.32. The minimum absolute atomic E-state index is 0.154. The number of hydrogen-bond acceptors (Lipinski definition) is 3. The Hall–Kier alpha value is -2.49. The molecule has 4 nitrogen and oxygen atoms in total. The van der Waals surface area contributed by atoms with Crippen LogP contribution in [-0.2, 0) is 11.2 Å². The molecule has 2 heterocycles. The Labute approximate surface area is 136 Å². The molecule has 1 aromatic carbocycles. The molecule has 3 rings (SSSR count). The molecule has 1 aliphatic rings. The van der Waals surface area contributed by atoms with Gasteiger partial charge in [0.05, 0.1) is 13.5 Å². The number of aryl methyl sites for hydroxylation is 1. The van der Waals surface area contributed by atoms with E-state index in [0.717, 1.165) is 35.8 Å². The van der Waals surface area contributed by atoms with Gasteiger partial charge in [-0.3, -0.25) is 4.79 Å². The zero-order valence-electron chi connectivity index (χ0n) is 13.5. The smallest absolute Gasteiger partial charge is 0.227 e. The average Bonchev–Trinajstić information content (AvgIpc) is 3.02. The molecule has 2 aromatic rings. The van der Waals surface area contributed by atoms with Crippen molar-refractivity contribution in [2.75, 3.05) is 20.2 Å². The fourth-order valence-corrected chi connectivity index (χ4v) is 2.76. The maximum Gasteiger partial charge on any atom is 0.227 e. The van der Waals surface area contributed by atoms with E-state index in [1.807, 2.05) is 48.2 Å². The number of benzene rings is 1. The monoisotopic (exact) mass is 311 g/mol. The van der Waals surface area contributed by atoms with Crippen LogP contribution in [0, 0.1) is 6.92 Å². The topological polar surface area (TPSA) is 42.7 Å². The number of hydrogen-bond donors (Lipinski definition) is 0. The highest BCUT2D eigenvalue weighted by atomic mass is 16.5. The van der Waals surface area contributed by atoms with Crippen molar-refractivity contribution in [3.05, 3.63) is 59.6 Å².